The van der Waals surface area contributed by atoms with Crippen LogP contribution in [-0.2, 0) is 6.54 Å². The smallest absolute Gasteiger partial charge is 0.317 e. The zero-order valence-electron chi connectivity index (χ0n) is 11.1. The van der Waals surface area contributed by atoms with Gasteiger partial charge in [0, 0.05) is 5.92 Å². The molecule has 2 N–H and O–H groups in total. The number of hydrogen-bond acceptors (Lipinski definition) is 3. The SMILES string of the molecule is O=c1[nH]nc(C2CCNCC2)n1Cc1cccc(F)c1. The maximum Gasteiger partial charge on any atom is 0.343 e. The molecule has 1 aliphatic heterocycles. The Bertz CT molecular complexity index is 643. The van der Waals surface area contributed by atoms with Crippen LogP contribution in [0.15, 0.2) is 29.1 Å². The van der Waals surface area contributed by atoms with Gasteiger partial charge >= 0.3 is 5.69 Å². The Balaban J connectivity index is 1.89. The van der Waals surface area contributed by atoms with Crippen LogP contribution in [0.5, 0.6) is 0 Å². The van der Waals surface area contributed by atoms with Crippen molar-refractivity contribution in [1.29, 1.82) is 0 Å². The Labute approximate surface area is 115 Å². The Morgan fingerprint density at radius 1 is 1.35 bits per heavy atom. The van der Waals surface area contributed by atoms with E-state index in [-0.39, 0.29) is 17.4 Å². The van der Waals surface area contributed by atoms with E-state index in [4.69, 9.17) is 0 Å². The monoisotopic (exact) mass is 276 g/mol. The summed E-state index contributed by atoms with van der Waals surface area (Å²) in [5.74, 6) is 0.770. The lowest BCUT2D eigenvalue weighted by Gasteiger charge is -2.22. The van der Waals surface area contributed by atoms with Gasteiger partial charge in [-0.15, -0.1) is 0 Å². The molecule has 0 aliphatic carbocycles. The maximum absolute atomic E-state index is 13.2. The topological polar surface area (TPSA) is 62.7 Å². The fraction of sp³-hybridized carbons (Fsp3) is 0.429. The molecule has 2 aromatic rings. The number of benzene rings is 1. The molecule has 0 atom stereocenters. The Morgan fingerprint density at radius 3 is 2.90 bits per heavy atom. The standard InChI is InChI=1S/C14H17FN4O/c15-12-3-1-2-10(8-12)9-19-13(17-18-14(19)20)11-4-6-16-7-5-11/h1-3,8,11,16H,4-7,9H2,(H,18,20). The highest BCUT2D eigenvalue weighted by molar-refractivity contribution is 5.17. The molecule has 0 unspecified atom stereocenters. The molecule has 1 aromatic heterocycles. The molecule has 0 amide bonds. The van der Waals surface area contributed by atoms with Crippen molar-refractivity contribution in [1.82, 2.24) is 20.1 Å². The van der Waals surface area contributed by atoms with Crippen LogP contribution in [0.3, 0.4) is 0 Å². The number of piperidine rings is 1. The summed E-state index contributed by atoms with van der Waals surface area (Å²) < 4.78 is 14.8. The minimum absolute atomic E-state index is 0.234. The molecule has 20 heavy (non-hydrogen) atoms. The highest BCUT2D eigenvalue weighted by Crippen LogP contribution is 2.22. The summed E-state index contributed by atoms with van der Waals surface area (Å²) >= 11 is 0. The lowest BCUT2D eigenvalue weighted by molar-refractivity contribution is 0.432. The van der Waals surface area contributed by atoms with Gasteiger partial charge < -0.3 is 5.32 Å². The molecule has 1 saturated heterocycles. The zero-order chi connectivity index (χ0) is 13.9. The first-order valence-electron chi connectivity index (χ1n) is 6.84. The second-order valence-corrected chi connectivity index (χ2v) is 5.13. The van der Waals surface area contributed by atoms with Gasteiger partial charge in [0.1, 0.15) is 11.6 Å². The number of rotatable bonds is 3. The number of nitrogens with zero attached hydrogens (tertiary/aromatic N) is 2. The number of aromatic amines is 1. The first-order valence-corrected chi connectivity index (χ1v) is 6.84. The molecule has 1 aliphatic rings. The first-order chi connectivity index (χ1) is 9.74. The maximum atomic E-state index is 13.2. The average molecular weight is 276 g/mol. The van der Waals surface area contributed by atoms with Gasteiger partial charge in [-0.1, -0.05) is 12.1 Å². The van der Waals surface area contributed by atoms with Crippen molar-refractivity contribution in [3.8, 4) is 0 Å². The van der Waals surface area contributed by atoms with Gasteiger partial charge in [0.05, 0.1) is 6.54 Å². The van der Waals surface area contributed by atoms with Crippen molar-refractivity contribution in [2.75, 3.05) is 13.1 Å². The van der Waals surface area contributed by atoms with E-state index in [0.29, 0.717) is 6.54 Å². The number of aromatic nitrogens is 3. The highest BCUT2D eigenvalue weighted by Gasteiger charge is 2.21. The third-order valence-corrected chi connectivity index (χ3v) is 3.72. The van der Waals surface area contributed by atoms with Gasteiger partial charge in [-0.05, 0) is 43.6 Å². The Hall–Kier alpha value is -1.95. The van der Waals surface area contributed by atoms with Crippen LogP contribution in [0.2, 0.25) is 0 Å². The predicted molar refractivity (Wildman–Crippen MR) is 73.2 cm³/mol. The molecule has 106 valence electrons. The summed E-state index contributed by atoms with van der Waals surface area (Å²) in [6.07, 6.45) is 1.93. The lowest BCUT2D eigenvalue weighted by Crippen LogP contribution is -2.29. The van der Waals surface area contributed by atoms with E-state index < -0.39 is 0 Å². The summed E-state index contributed by atoms with van der Waals surface area (Å²) in [5.41, 5.74) is 0.534. The predicted octanol–water partition coefficient (Wildman–Crippen LogP) is 1.23. The average Bonchev–Trinajstić information content (AvgIpc) is 2.81. The number of hydrogen-bond donors (Lipinski definition) is 2. The fourth-order valence-corrected chi connectivity index (χ4v) is 2.69. The molecule has 1 aromatic carbocycles. The van der Waals surface area contributed by atoms with Gasteiger partial charge in [-0.25, -0.2) is 14.3 Å². The molecule has 6 heteroatoms. The second kappa shape index (κ2) is 5.58. The normalized spacial score (nSPS) is 16.4. The van der Waals surface area contributed by atoms with Gasteiger partial charge in [-0.3, -0.25) is 4.57 Å². The van der Waals surface area contributed by atoms with E-state index >= 15 is 0 Å². The zero-order valence-corrected chi connectivity index (χ0v) is 11.1. The minimum atomic E-state index is -0.289. The van der Waals surface area contributed by atoms with Crippen LogP contribution in [0, 0.1) is 5.82 Å². The lowest BCUT2D eigenvalue weighted by atomic mass is 9.97. The van der Waals surface area contributed by atoms with E-state index in [1.807, 2.05) is 6.07 Å². The quantitative estimate of drug-likeness (QED) is 0.886. The van der Waals surface area contributed by atoms with Crippen molar-refractivity contribution in [2.24, 2.45) is 0 Å². The van der Waals surface area contributed by atoms with E-state index in [2.05, 4.69) is 15.5 Å². The number of halogens is 1. The molecule has 0 saturated carbocycles. The third kappa shape index (κ3) is 2.65. The van der Waals surface area contributed by atoms with E-state index in [1.54, 1.807) is 10.6 Å². The highest BCUT2D eigenvalue weighted by atomic mass is 19.1. The second-order valence-electron chi connectivity index (χ2n) is 5.13. The summed E-state index contributed by atoms with van der Waals surface area (Å²) in [4.78, 5) is 11.9. The van der Waals surface area contributed by atoms with E-state index in [9.17, 15) is 9.18 Å². The van der Waals surface area contributed by atoms with Gasteiger partial charge in [0.15, 0.2) is 0 Å². The van der Waals surface area contributed by atoms with Crippen molar-refractivity contribution < 1.29 is 4.39 Å². The summed E-state index contributed by atoms with van der Waals surface area (Å²) in [7, 11) is 0. The molecule has 3 rings (SSSR count). The van der Waals surface area contributed by atoms with Crippen LogP contribution in [-0.4, -0.2) is 27.9 Å². The fourth-order valence-electron chi connectivity index (χ4n) is 2.69. The van der Waals surface area contributed by atoms with E-state index in [0.717, 1.165) is 37.3 Å². The molecule has 0 bridgehead atoms. The molecular weight excluding hydrogens is 259 g/mol. The minimum Gasteiger partial charge on any atom is -0.317 e. The van der Waals surface area contributed by atoms with Crippen LogP contribution in [0.1, 0.15) is 30.1 Å². The summed E-state index contributed by atoms with van der Waals surface area (Å²) in [6, 6.07) is 6.32. The van der Waals surface area contributed by atoms with Crippen molar-refractivity contribution in [2.45, 2.75) is 25.3 Å². The first kappa shape index (κ1) is 13.1. The Kier molecular flexibility index (Phi) is 3.64. The van der Waals surface area contributed by atoms with Crippen molar-refractivity contribution >= 4 is 0 Å². The molecule has 0 spiro atoms. The van der Waals surface area contributed by atoms with Crippen LogP contribution in [0.25, 0.3) is 0 Å². The van der Waals surface area contributed by atoms with Crippen LogP contribution in [0.4, 0.5) is 4.39 Å². The van der Waals surface area contributed by atoms with Crippen molar-refractivity contribution in [3.63, 3.8) is 0 Å². The van der Waals surface area contributed by atoms with Crippen LogP contribution >= 0.6 is 0 Å². The third-order valence-electron chi connectivity index (χ3n) is 3.72. The number of nitrogens with one attached hydrogen (secondary N) is 2. The van der Waals surface area contributed by atoms with Gasteiger partial charge in [-0.2, -0.15) is 5.10 Å². The molecule has 2 heterocycles. The number of H-pyrrole nitrogens is 1. The Morgan fingerprint density at radius 2 is 2.15 bits per heavy atom. The van der Waals surface area contributed by atoms with Crippen LogP contribution < -0.4 is 11.0 Å². The van der Waals surface area contributed by atoms with E-state index in [1.165, 1.54) is 12.1 Å². The summed E-state index contributed by atoms with van der Waals surface area (Å²) in [6.45, 7) is 2.23. The molecule has 0 radical (unpaired) electrons. The van der Waals surface area contributed by atoms with Gasteiger partial charge in [0.25, 0.3) is 0 Å². The largest absolute Gasteiger partial charge is 0.343 e. The molecule has 1 fully saturated rings. The van der Waals surface area contributed by atoms with Gasteiger partial charge in [0.2, 0.25) is 0 Å². The summed E-state index contributed by atoms with van der Waals surface area (Å²) in [5, 5.41) is 9.97. The van der Waals surface area contributed by atoms with Crippen molar-refractivity contribution in [3.05, 3.63) is 52.0 Å². The molecular formula is C14H17FN4O. The molecule has 5 nitrogen and oxygen atoms in total.